The third kappa shape index (κ3) is 7.12. The Labute approximate surface area is 130 Å². The summed E-state index contributed by atoms with van der Waals surface area (Å²) in [6.07, 6.45) is 13.4. The first kappa shape index (κ1) is 18.2. The number of hydrogen-bond donors (Lipinski definition) is 1. The lowest BCUT2D eigenvalue weighted by atomic mass is 9.97. The summed E-state index contributed by atoms with van der Waals surface area (Å²) in [5, 5.41) is 9.33. The molecule has 122 valence electrons. The molecule has 1 aliphatic carbocycles. The Hall–Kier alpha value is -0.830. The van der Waals surface area contributed by atoms with Gasteiger partial charge in [0.15, 0.2) is 0 Å². The Kier molecular flexibility index (Phi) is 9.40. The standard InChI is InChI=1S/C18H33NO2/c1-3-5-6-7-10-14-19(13-4-2)17-12-9-8-11-16(15-17)18(20)21/h4,16-17H,2-3,5-15H2,1H3,(H,20,21). The highest BCUT2D eigenvalue weighted by atomic mass is 16.4. The van der Waals surface area contributed by atoms with Crippen molar-refractivity contribution in [3.63, 3.8) is 0 Å². The largest absolute Gasteiger partial charge is 0.481 e. The number of carbonyl (C=O) groups is 1. The molecular weight excluding hydrogens is 262 g/mol. The van der Waals surface area contributed by atoms with Gasteiger partial charge in [0.2, 0.25) is 0 Å². The van der Waals surface area contributed by atoms with E-state index in [2.05, 4.69) is 18.4 Å². The summed E-state index contributed by atoms with van der Waals surface area (Å²) in [7, 11) is 0. The van der Waals surface area contributed by atoms with Crippen molar-refractivity contribution in [3.8, 4) is 0 Å². The molecule has 0 aromatic carbocycles. The van der Waals surface area contributed by atoms with Crippen LogP contribution in [0, 0.1) is 5.92 Å². The quantitative estimate of drug-likeness (QED) is 0.367. The zero-order valence-electron chi connectivity index (χ0n) is 13.7. The van der Waals surface area contributed by atoms with E-state index in [0.29, 0.717) is 6.04 Å². The van der Waals surface area contributed by atoms with Crippen LogP contribution in [0.25, 0.3) is 0 Å². The summed E-state index contributed by atoms with van der Waals surface area (Å²) in [5.74, 6) is -0.756. The van der Waals surface area contributed by atoms with Gasteiger partial charge in [-0.3, -0.25) is 9.69 Å². The highest BCUT2D eigenvalue weighted by molar-refractivity contribution is 5.70. The molecule has 2 unspecified atom stereocenters. The lowest BCUT2D eigenvalue weighted by Crippen LogP contribution is -2.38. The Morgan fingerprint density at radius 2 is 1.95 bits per heavy atom. The molecule has 0 saturated heterocycles. The molecule has 21 heavy (non-hydrogen) atoms. The minimum absolute atomic E-state index is 0.148. The van der Waals surface area contributed by atoms with E-state index in [9.17, 15) is 9.90 Å². The number of aliphatic carboxylic acids is 1. The lowest BCUT2D eigenvalue weighted by Gasteiger charge is -2.31. The van der Waals surface area contributed by atoms with E-state index in [4.69, 9.17) is 0 Å². The topological polar surface area (TPSA) is 40.5 Å². The number of carboxylic acids is 1. The predicted octanol–water partition coefficient (Wildman–Crippen LogP) is 4.48. The third-order valence-electron chi connectivity index (χ3n) is 4.67. The maximum atomic E-state index is 11.3. The van der Waals surface area contributed by atoms with Gasteiger partial charge in [-0.15, -0.1) is 6.58 Å². The van der Waals surface area contributed by atoms with E-state index in [-0.39, 0.29) is 5.92 Å². The van der Waals surface area contributed by atoms with Gasteiger partial charge in [0.1, 0.15) is 0 Å². The van der Waals surface area contributed by atoms with Crippen LogP contribution in [0.5, 0.6) is 0 Å². The summed E-state index contributed by atoms with van der Waals surface area (Å²) in [6, 6.07) is 0.428. The van der Waals surface area contributed by atoms with E-state index in [1.165, 1.54) is 32.1 Å². The van der Waals surface area contributed by atoms with Gasteiger partial charge < -0.3 is 5.11 Å². The molecule has 0 aromatic rings. The average Bonchev–Trinajstić information content (AvgIpc) is 2.72. The zero-order valence-corrected chi connectivity index (χ0v) is 13.7. The molecule has 3 heteroatoms. The van der Waals surface area contributed by atoms with Gasteiger partial charge in [-0.2, -0.15) is 0 Å². The molecule has 3 nitrogen and oxygen atoms in total. The van der Waals surface area contributed by atoms with Gasteiger partial charge in [0.05, 0.1) is 5.92 Å². The maximum absolute atomic E-state index is 11.3. The molecule has 0 bridgehead atoms. The van der Waals surface area contributed by atoms with Crippen molar-refractivity contribution in [1.29, 1.82) is 0 Å². The summed E-state index contributed by atoms with van der Waals surface area (Å²) < 4.78 is 0. The zero-order chi connectivity index (χ0) is 15.5. The van der Waals surface area contributed by atoms with Crippen LogP contribution in [-0.4, -0.2) is 35.1 Å². The second kappa shape index (κ2) is 10.8. The predicted molar refractivity (Wildman–Crippen MR) is 88.5 cm³/mol. The van der Waals surface area contributed by atoms with Crippen molar-refractivity contribution < 1.29 is 9.90 Å². The third-order valence-corrected chi connectivity index (χ3v) is 4.67. The van der Waals surface area contributed by atoms with Crippen LogP contribution < -0.4 is 0 Å². The average molecular weight is 295 g/mol. The minimum atomic E-state index is -0.608. The molecule has 0 amide bonds. The van der Waals surface area contributed by atoms with Gasteiger partial charge in [-0.05, 0) is 32.2 Å². The minimum Gasteiger partial charge on any atom is -0.481 e. The van der Waals surface area contributed by atoms with Crippen molar-refractivity contribution >= 4 is 5.97 Å². The lowest BCUT2D eigenvalue weighted by molar-refractivity contribution is -0.142. The van der Waals surface area contributed by atoms with Gasteiger partial charge in [-0.1, -0.05) is 51.5 Å². The fraction of sp³-hybridized carbons (Fsp3) is 0.833. The fourth-order valence-corrected chi connectivity index (χ4v) is 3.40. The first-order valence-corrected chi connectivity index (χ1v) is 8.76. The maximum Gasteiger partial charge on any atom is 0.306 e. The van der Waals surface area contributed by atoms with Crippen molar-refractivity contribution in [3.05, 3.63) is 12.7 Å². The molecule has 0 aliphatic heterocycles. The molecule has 1 aliphatic rings. The second-order valence-corrected chi connectivity index (χ2v) is 6.41. The van der Waals surface area contributed by atoms with Crippen LogP contribution in [-0.2, 0) is 4.79 Å². The molecule has 1 N–H and O–H groups in total. The van der Waals surface area contributed by atoms with Gasteiger partial charge in [-0.25, -0.2) is 0 Å². The second-order valence-electron chi connectivity index (χ2n) is 6.41. The van der Waals surface area contributed by atoms with Gasteiger partial charge >= 0.3 is 5.97 Å². The van der Waals surface area contributed by atoms with Crippen LogP contribution in [0.4, 0.5) is 0 Å². The van der Waals surface area contributed by atoms with Crippen LogP contribution in [0.1, 0.15) is 71.1 Å². The Morgan fingerprint density at radius 1 is 1.24 bits per heavy atom. The smallest absolute Gasteiger partial charge is 0.306 e. The molecule has 0 spiro atoms. The van der Waals surface area contributed by atoms with E-state index >= 15 is 0 Å². The van der Waals surface area contributed by atoms with Crippen LogP contribution in [0.15, 0.2) is 12.7 Å². The monoisotopic (exact) mass is 295 g/mol. The number of nitrogens with zero attached hydrogens (tertiary/aromatic N) is 1. The first-order chi connectivity index (χ1) is 10.2. The summed E-state index contributed by atoms with van der Waals surface area (Å²) >= 11 is 0. The van der Waals surface area contributed by atoms with E-state index in [1.807, 2.05) is 6.08 Å². The highest BCUT2D eigenvalue weighted by Crippen LogP contribution is 2.27. The molecule has 1 saturated carbocycles. The summed E-state index contributed by atoms with van der Waals surface area (Å²) in [5.41, 5.74) is 0. The van der Waals surface area contributed by atoms with Crippen LogP contribution >= 0.6 is 0 Å². The molecule has 0 aromatic heterocycles. The van der Waals surface area contributed by atoms with Crippen LogP contribution in [0.3, 0.4) is 0 Å². The normalized spacial score (nSPS) is 23.0. The Morgan fingerprint density at radius 3 is 2.62 bits per heavy atom. The number of unbranched alkanes of at least 4 members (excludes halogenated alkanes) is 4. The van der Waals surface area contributed by atoms with Crippen molar-refractivity contribution in [2.75, 3.05) is 13.1 Å². The molecule has 0 heterocycles. The molecule has 2 atom stereocenters. The van der Waals surface area contributed by atoms with Crippen molar-refractivity contribution in [2.45, 2.75) is 77.2 Å². The molecular formula is C18H33NO2. The molecule has 0 radical (unpaired) electrons. The van der Waals surface area contributed by atoms with E-state index in [0.717, 1.165) is 45.2 Å². The number of hydrogen-bond acceptors (Lipinski definition) is 2. The number of carboxylic acid groups (broad SMARTS) is 1. The highest BCUT2D eigenvalue weighted by Gasteiger charge is 2.28. The number of rotatable bonds is 10. The molecule has 1 fully saturated rings. The SMILES string of the molecule is C=CCN(CCCCCCC)C1CCCCC(C(=O)O)C1. The van der Waals surface area contributed by atoms with Gasteiger partial charge in [0.25, 0.3) is 0 Å². The van der Waals surface area contributed by atoms with Gasteiger partial charge in [0, 0.05) is 12.6 Å². The Balaban J connectivity index is 2.48. The van der Waals surface area contributed by atoms with Crippen molar-refractivity contribution in [2.24, 2.45) is 5.92 Å². The first-order valence-electron chi connectivity index (χ1n) is 8.76. The fourth-order valence-electron chi connectivity index (χ4n) is 3.40. The Bertz CT molecular complexity index is 304. The summed E-state index contributed by atoms with van der Waals surface area (Å²) in [6.45, 7) is 8.09. The summed E-state index contributed by atoms with van der Waals surface area (Å²) in [4.78, 5) is 13.8. The van der Waals surface area contributed by atoms with E-state index in [1.54, 1.807) is 0 Å². The van der Waals surface area contributed by atoms with Crippen LogP contribution in [0.2, 0.25) is 0 Å². The van der Waals surface area contributed by atoms with E-state index < -0.39 is 5.97 Å². The van der Waals surface area contributed by atoms with Crippen molar-refractivity contribution in [1.82, 2.24) is 4.90 Å². The molecule has 1 rings (SSSR count).